The number of carbonyl (C=O) groups is 1. The van der Waals surface area contributed by atoms with Gasteiger partial charge in [0.05, 0.1) is 0 Å². The Hall–Kier alpha value is -0.330. The first-order valence-electron chi connectivity index (χ1n) is 9.82. The SMILES string of the molecule is CC1(C)C2CCC1([C@@H]1C(=O)[C@@H]1C13CCC(CC1)C3(C)C)CC2. The van der Waals surface area contributed by atoms with Gasteiger partial charge in [-0.1, -0.05) is 27.7 Å². The van der Waals surface area contributed by atoms with Crippen LogP contribution in [0.1, 0.15) is 79.1 Å². The van der Waals surface area contributed by atoms with Gasteiger partial charge in [0.2, 0.25) is 0 Å². The summed E-state index contributed by atoms with van der Waals surface area (Å²) in [5.41, 5.74) is 1.59. The molecule has 0 saturated heterocycles. The summed E-state index contributed by atoms with van der Waals surface area (Å²) in [6, 6.07) is 0. The second-order valence-corrected chi connectivity index (χ2v) is 10.7. The van der Waals surface area contributed by atoms with Crippen molar-refractivity contribution in [1.29, 1.82) is 0 Å². The summed E-state index contributed by atoms with van der Waals surface area (Å²) in [6.07, 6.45) is 10.9. The van der Waals surface area contributed by atoms with Crippen LogP contribution < -0.4 is 0 Å². The summed E-state index contributed by atoms with van der Waals surface area (Å²) < 4.78 is 0. The lowest BCUT2D eigenvalue weighted by molar-refractivity contribution is -0.115. The van der Waals surface area contributed by atoms with Crippen molar-refractivity contribution in [3.63, 3.8) is 0 Å². The van der Waals surface area contributed by atoms with Gasteiger partial charge in [0, 0.05) is 11.8 Å². The minimum absolute atomic E-state index is 0.380. The quantitative estimate of drug-likeness (QED) is 0.682. The van der Waals surface area contributed by atoms with Gasteiger partial charge in [-0.15, -0.1) is 0 Å². The molecule has 122 valence electrons. The zero-order chi connectivity index (χ0) is 15.5. The van der Waals surface area contributed by atoms with Crippen LogP contribution in [-0.2, 0) is 4.79 Å². The van der Waals surface area contributed by atoms with E-state index in [9.17, 15) is 4.79 Å². The highest BCUT2D eigenvalue weighted by Gasteiger charge is 2.78. The van der Waals surface area contributed by atoms with Crippen molar-refractivity contribution >= 4 is 5.78 Å². The van der Waals surface area contributed by atoms with Gasteiger partial charge >= 0.3 is 0 Å². The van der Waals surface area contributed by atoms with Gasteiger partial charge in [-0.05, 0) is 84.9 Å². The van der Waals surface area contributed by atoms with Crippen LogP contribution in [0.5, 0.6) is 0 Å². The molecule has 0 aliphatic heterocycles. The van der Waals surface area contributed by atoms with E-state index in [1.165, 1.54) is 51.4 Å². The zero-order valence-corrected chi connectivity index (χ0v) is 14.9. The van der Waals surface area contributed by atoms with Gasteiger partial charge in [0.1, 0.15) is 5.78 Å². The van der Waals surface area contributed by atoms with Gasteiger partial charge in [-0.25, -0.2) is 0 Å². The van der Waals surface area contributed by atoms with E-state index in [2.05, 4.69) is 27.7 Å². The minimum Gasteiger partial charge on any atom is -0.299 e. The monoisotopic (exact) mass is 300 g/mol. The molecule has 0 aromatic carbocycles. The molecule has 5 fully saturated rings. The van der Waals surface area contributed by atoms with E-state index in [0.29, 0.717) is 39.3 Å². The molecule has 1 nitrogen and oxygen atoms in total. The predicted molar refractivity (Wildman–Crippen MR) is 88.3 cm³/mol. The Balaban J connectivity index is 1.54. The maximum absolute atomic E-state index is 13.1. The molecule has 5 aliphatic carbocycles. The molecule has 4 bridgehead atoms. The van der Waals surface area contributed by atoms with E-state index < -0.39 is 0 Å². The van der Waals surface area contributed by atoms with Gasteiger partial charge in [-0.2, -0.15) is 0 Å². The molecule has 2 atom stereocenters. The molecule has 22 heavy (non-hydrogen) atoms. The highest BCUT2D eigenvalue weighted by Crippen LogP contribution is 2.80. The molecule has 0 spiro atoms. The predicted octanol–water partition coefficient (Wildman–Crippen LogP) is 5.23. The van der Waals surface area contributed by atoms with Crippen LogP contribution in [0.3, 0.4) is 0 Å². The molecule has 0 aromatic rings. The number of hydrogen-bond acceptors (Lipinski definition) is 1. The summed E-state index contributed by atoms with van der Waals surface area (Å²) >= 11 is 0. The normalized spacial score (nSPS) is 56.8. The number of rotatable bonds is 2. The van der Waals surface area contributed by atoms with Crippen LogP contribution >= 0.6 is 0 Å². The van der Waals surface area contributed by atoms with Crippen LogP contribution in [-0.4, -0.2) is 5.78 Å². The number of hydrogen-bond donors (Lipinski definition) is 0. The molecule has 0 unspecified atom stereocenters. The van der Waals surface area contributed by atoms with Gasteiger partial charge in [0.25, 0.3) is 0 Å². The summed E-state index contributed by atoms with van der Waals surface area (Å²) in [7, 11) is 0. The summed E-state index contributed by atoms with van der Waals surface area (Å²) in [5.74, 6) is 3.35. The van der Waals surface area contributed by atoms with Crippen molar-refractivity contribution in [2.75, 3.05) is 0 Å². The van der Waals surface area contributed by atoms with E-state index in [1.807, 2.05) is 0 Å². The lowest BCUT2D eigenvalue weighted by Crippen LogP contribution is -2.38. The standard InChI is InChI=1S/C21H32O/c1-18(2)13-5-9-20(18,10-6-13)15-16(17(15)22)21-11-7-14(8-12-21)19(21,3)4/h13-16H,5-12H2,1-4H3/t13?,14?,15-,16+,20?,21?. The van der Waals surface area contributed by atoms with Gasteiger partial charge < -0.3 is 0 Å². The van der Waals surface area contributed by atoms with Crippen molar-refractivity contribution in [2.45, 2.75) is 79.1 Å². The Morgan fingerprint density at radius 1 is 0.682 bits per heavy atom. The third kappa shape index (κ3) is 1.20. The highest BCUT2D eigenvalue weighted by atomic mass is 16.1. The van der Waals surface area contributed by atoms with Crippen LogP contribution in [0.25, 0.3) is 0 Å². The van der Waals surface area contributed by atoms with E-state index in [0.717, 1.165) is 11.8 Å². The Kier molecular flexibility index (Phi) is 2.34. The number of carbonyl (C=O) groups excluding carboxylic acids is 1. The van der Waals surface area contributed by atoms with Crippen LogP contribution in [0, 0.1) is 45.3 Å². The summed E-state index contributed by atoms with van der Waals surface area (Å²) in [6.45, 7) is 9.98. The van der Waals surface area contributed by atoms with E-state index in [-0.39, 0.29) is 0 Å². The van der Waals surface area contributed by atoms with E-state index in [1.54, 1.807) is 0 Å². The van der Waals surface area contributed by atoms with Crippen molar-refractivity contribution in [3.8, 4) is 0 Å². The number of Topliss-reactive ketones (excluding diaryl/α,β-unsaturated/α-hetero) is 1. The molecule has 0 heterocycles. The first-order chi connectivity index (χ1) is 10.3. The van der Waals surface area contributed by atoms with Crippen LogP contribution in [0.2, 0.25) is 0 Å². The summed E-state index contributed by atoms with van der Waals surface area (Å²) in [5, 5.41) is 0. The lowest BCUT2D eigenvalue weighted by Gasteiger charge is -2.42. The molecule has 5 saturated carbocycles. The second-order valence-electron chi connectivity index (χ2n) is 10.7. The molecule has 5 aliphatic rings. The Morgan fingerprint density at radius 2 is 1.00 bits per heavy atom. The number of fused-ring (bicyclic) bond motifs is 4. The highest BCUT2D eigenvalue weighted by molar-refractivity contribution is 6.01. The van der Waals surface area contributed by atoms with Crippen molar-refractivity contribution < 1.29 is 4.79 Å². The lowest BCUT2D eigenvalue weighted by atomic mass is 9.60. The topological polar surface area (TPSA) is 17.1 Å². The Bertz CT molecular complexity index is 490. The molecular formula is C21H32O. The maximum atomic E-state index is 13.1. The minimum atomic E-state index is 0.380. The number of ketones is 1. The molecule has 0 radical (unpaired) electrons. The molecule has 0 N–H and O–H groups in total. The van der Waals surface area contributed by atoms with Crippen molar-refractivity contribution in [2.24, 2.45) is 45.3 Å². The summed E-state index contributed by atoms with van der Waals surface area (Å²) in [4.78, 5) is 13.1. The average molecular weight is 300 g/mol. The zero-order valence-electron chi connectivity index (χ0n) is 14.9. The van der Waals surface area contributed by atoms with Crippen LogP contribution in [0.15, 0.2) is 0 Å². The van der Waals surface area contributed by atoms with E-state index >= 15 is 0 Å². The first kappa shape index (κ1) is 14.1. The van der Waals surface area contributed by atoms with E-state index in [4.69, 9.17) is 0 Å². The van der Waals surface area contributed by atoms with Crippen LogP contribution in [0.4, 0.5) is 0 Å². The fraction of sp³-hybridized carbons (Fsp3) is 0.952. The fourth-order valence-corrected chi connectivity index (χ4v) is 8.66. The second kappa shape index (κ2) is 3.67. The first-order valence-corrected chi connectivity index (χ1v) is 9.82. The third-order valence-electron chi connectivity index (χ3n) is 10.4. The molecule has 5 rings (SSSR count). The van der Waals surface area contributed by atoms with Crippen molar-refractivity contribution in [1.82, 2.24) is 0 Å². The third-order valence-corrected chi connectivity index (χ3v) is 10.4. The Labute approximate surface area is 135 Å². The van der Waals surface area contributed by atoms with Gasteiger partial charge in [0.15, 0.2) is 0 Å². The maximum Gasteiger partial charge on any atom is 0.141 e. The average Bonchev–Trinajstić information content (AvgIpc) is 2.79. The molecule has 0 amide bonds. The smallest absolute Gasteiger partial charge is 0.141 e. The fourth-order valence-electron chi connectivity index (χ4n) is 8.66. The van der Waals surface area contributed by atoms with Crippen molar-refractivity contribution in [3.05, 3.63) is 0 Å². The molecule has 1 heteroatoms. The molecule has 0 aromatic heterocycles. The van der Waals surface area contributed by atoms with Gasteiger partial charge in [-0.3, -0.25) is 4.79 Å². The Morgan fingerprint density at radius 3 is 1.23 bits per heavy atom. The largest absolute Gasteiger partial charge is 0.299 e. The molecular weight excluding hydrogens is 268 g/mol.